The van der Waals surface area contributed by atoms with Crippen LogP contribution in [-0.2, 0) is 0 Å². The van der Waals surface area contributed by atoms with Crippen LogP contribution >= 0.6 is 0 Å². The van der Waals surface area contributed by atoms with Crippen LogP contribution in [0.5, 0.6) is 0 Å². The fourth-order valence-corrected chi connectivity index (χ4v) is 3.07. The summed E-state index contributed by atoms with van der Waals surface area (Å²) in [5.74, 6) is 1.40. The highest BCUT2D eigenvalue weighted by atomic mass is 16.1. The zero-order valence-electron chi connectivity index (χ0n) is 12.1. The van der Waals surface area contributed by atoms with E-state index in [0.717, 1.165) is 23.6 Å². The highest BCUT2D eigenvalue weighted by molar-refractivity contribution is 5.94. The van der Waals surface area contributed by atoms with Crippen molar-refractivity contribution in [2.24, 2.45) is 11.8 Å². The van der Waals surface area contributed by atoms with Crippen LogP contribution < -0.4 is 10.6 Å². The van der Waals surface area contributed by atoms with Crippen LogP contribution in [0.4, 0.5) is 5.69 Å². The van der Waals surface area contributed by atoms with Crippen LogP contribution in [0.15, 0.2) is 24.3 Å². The van der Waals surface area contributed by atoms with E-state index in [9.17, 15) is 4.79 Å². The molecule has 1 saturated carbocycles. The first-order valence-electron chi connectivity index (χ1n) is 7.24. The minimum absolute atomic E-state index is 0.0521. The number of nitrogens with one attached hydrogen (secondary N) is 2. The fourth-order valence-electron chi connectivity index (χ4n) is 3.07. The maximum atomic E-state index is 12.2. The molecule has 2 rings (SSSR count). The second-order valence-corrected chi connectivity index (χ2v) is 5.51. The van der Waals surface area contributed by atoms with E-state index in [4.69, 9.17) is 0 Å². The third-order valence-corrected chi connectivity index (χ3v) is 4.50. The molecule has 0 aromatic heterocycles. The second-order valence-electron chi connectivity index (χ2n) is 5.51. The van der Waals surface area contributed by atoms with Gasteiger partial charge in [-0.25, -0.2) is 0 Å². The van der Waals surface area contributed by atoms with E-state index in [1.54, 1.807) is 0 Å². The molecule has 0 aliphatic heterocycles. The minimum atomic E-state index is 0.0521. The zero-order chi connectivity index (χ0) is 13.8. The van der Waals surface area contributed by atoms with Crippen molar-refractivity contribution in [1.82, 2.24) is 5.32 Å². The van der Waals surface area contributed by atoms with Gasteiger partial charge in [-0.3, -0.25) is 4.79 Å². The molecule has 0 spiro atoms. The van der Waals surface area contributed by atoms with Crippen LogP contribution in [0, 0.1) is 11.8 Å². The maximum absolute atomic E-state index is 12.2. The zero-order valence-corrected chi connectivity index (χ0v) is 12.1. The van der Waals surface area contributed by atoms with E-state index in [0.29, 0.717) is 12.0 Å². The molecule has 1 aromatic carbocycles. The van der Waals surface area contributed by atoms with Crippen LogP contribution in [0.1, 0.15) is 43.5 Å². The smallest absolute Gasteiger partial charge is 0.251 e. The highest BCUT2D eigenvalue weighted by Crippen LogP contribution is 2.33. The lowest BCUT2D eigenvalue weighted by molar-refractivity contribution is 0.0926. The monoisotopic (exact) mass is 260 g/mol. The Hall–Kier alpha value is -1.51. The van der Waals surface area contributed by atoms with E-state index in [-0.39, 0.29) is 5.91 Å². The summed E-state index contributed by atoms with van der Waals surface area (Å²) in [6.07, 6.45) is 3.56. The van der Waals surface area contributed by atoms with Gasteiger partial charge in [0.25, 0.3) is 5.91 Å². The Morgan fingerprint density at radius 2 is 1.95 bits per heavy atom. The Morgan fingerprint density at radius 1 is 1.26 bits per heavy atom. The summed E-state index contributed by atoms with van der Waals surface area (Å²) in [6, 6.07) is 7.95. The molecule has 0 heterocycles. The summed E-state index contributed by atoms with van der Waals surface area (Å²) in [5, 5.41) is 6.24. The highest BCUT2D eigenvalue weighted by Gasteiger charge is 2.32. The van der Waals surface area contributed by atoms with E-state index < -0.39 is 0 Å². The molecule has 3 heteroatoms. The van der Waals surface area contributed by atoms with Crippen molar-refractivity contribution in [3.8, 4) is 0 Å². The van der Waals surface area contributed by atoms with Crippen molar-refractivity contribution in [2.45, 2.75) is 39.2 Å². The molecule has 3 unspecified atom stereocenters. The predicted octanol–water partition coefficient (Wildman–Crippen LogP) is 3.28. The van der Waals surface area contributed by atoms with Gasteiger partial charge in [0.15, 0.2) is 0 Å². The third-order valence-electron chi connectivity index (χ3n) is 4.50. The molecule has 0 bridgehead atoms. The van der Waals surface area contributed by atoms with Gasteiger partial charge in [-0.15, -0.1) is 0 Å². The van der Waals surface area contributed by atoms with E-state index in [1.807, 2.05) is 31.3 Å². The number of carbonyl (C=O) groups is 1. The van der Waals surface area contributed by atoms with E-state index in [2.05, 4.69) is 24.5 Å². The molecule has 2 N–H and O–H groups in total. The first-order chi connectivity index (χ1) is 9.15. The van der Waals surface area contributed by atoms with Gasteiger partial charge in [0.2, 0.25) is 0 Å². The minimum Gasteiger partial charge on any atom is -0.388 e. The lowest BCUT2D eigenvalue weighted by atomic mass is 9.93. The van der Waals surface area contributed by atoms with Gasteiger partial charge in [-0.1, -0.05) is 20.3 Å². The lowest BCUT2D eigenvalue weighted by Crippen LogP contribution is -2.37. The molecule has 104 valence electrons. The van der Waals surface area contributed by atoms with Gasteiger partial charge in [0, 0.05) is 24.3 Å². The summed E-state index contributed by atoms with van der Waals surface area (Å²) >= 11 is 0. The quantitative estimate of drug-likeness (QED) is 0.872. The van der Waals surface area contributed by atoms with Gasteiger partial charge < -0.3 is 10.6 Å². The van der Waals surface area contributed by atoms with Gasteiger partial charge in [-0.05, 0) is 48.9 Å². The van der Waals surface area contributed by atoms with E-state index >= 15 is 0 Å². The van der Waals surface area contributed by atoms with Crippen molar-refractivity contribution < 1.29 is 4.79 Å². The summed E-state index contributed by atoms with van der Waals surface area (Å²) < 4.78 is 0. The average molecular weight is 260 g/mol. The fraction of sp³-hybridized carbons (Fsp3) is 0.562. The normalized spacial score (nSPS) is 26.2. The number of amides is 1. The number of benzene rings is 1. The summed E-state index contributed by atoms with van der Waals surface area (Å²) in [7, 11) is 1.88. The molecule has 1 fully saturated rings. The SMILES string of the molecule is CCC1CCC(NC(=O)c2ccc(NC)cc2)C1C. The molecule has 1 aliphatic carbocycles. The van der Waals surface area contributed by atoms with Gasteiger partial charge in [0.05, 0.1) is 0 Å². The van der Waals surface area contributed by atoms with Crippen molar-refractivity contribution in [3.63, 3.8) is 0 Å². The Morgan fingerprint density at radius 3 is 2.47 bits per heavy atom. The van der Waals surface area contributed by atoms with Gasteiger partial charge >= 0.3 is 0 Å². The Balaban J connectivity index is 1.97. The van der Waals surface area contributed by atoms with Crippen molar-refractivity contribution >= 4 is 11.6 Å². The van der Waals surface area contributed by atoms with Crippen LogP contribution in [0.2, 0.25) is 0 Å². The molecule has 1 aromatic rings. The molecule has 3 nitrogen and oxygen atoms in total. The average Bonchev–Trinajstić information content (AvgIpc) is 2.79. The summed E-state index contributed by atoms with van der Waals surface area (Å²) in [6.45, 7) is 4.50. The number of rotatable bonds is 4. The maximum Gasteiger partial charge on any atom is 0.251 e. The lowest BCUT2D eigenvalue weighted by Gasteiger charge is -2.21. The topological polar surface area (TPSA) is 41.1 Å². The first kappa shape index (κ1) is 13.9. The van der Waals surface area contributed by atoms with Gasteiger partial charge in [0.1, 0.15) is 0 Å². The number of hydrogen-bond donors (Lipinski definition) is 2. The first-order valence-corrected chi connectivity index (χ1v) is 7.24. The molecule has 1 amide bonds. The molecular formula is C16H24N2O. The predicted molar refractivity (Wildman–Crippen MR) is 79.4 cm³/mol. The largest absolute Gasteiger partial charge is 0.388 e. The molecule has 19 heavy (non-hydrogen) atoms. The van der Waals surface area contributed by atoms with Crippen molar-refractivity contribution in [1.29, 1.82) is 0 Å². The standard InChI is InChI=1S/C16H24N2O/c1-4-12-7-10-15(11(12)2)18-16(19)13-5-8-14(17-3)9-6-13/h5-6,8-9,11-12,15,17H,4,7,10H2,1-3H3,(H,18,19). The Kier molecular flexibility index (Phi) is 4.46. The van der Waals surface area contributed by atoms with Crippen molar-refractivity contribution in [3.05, 3.63) is 29.8 Å². The number of carbonyl (C=O) groups excluding carboxylic acids is 1. The number of anilines is 1. The van der Waals surface area contributed by atoms with Crippen LogP contribution in [-0.4, -0.2) is 19.0 Å². The Bertz CT molecular complexity index is 427. The van der Waals surface area contributed by atoms with Crippen LogP contribution in [0.25, 0.3) is 0 Å². The molecule has 1 aliphatic rings. The van der Waals surface area contributed by atoms with Crippen LogP contribution in [0.3, 0.4) is 0 Å². The molecule has 0 saturated heterocycles. The summed E-state index contributed by atoms with van der Waals surface area (Å²) in [4.78, 5) is 12.2. The molecule has 3 atom stereocenters. The number of hydrogen-bond acceptors (Lipinski definition) is 2. The van der Waals surface area contributed by atoms with Gasteiger partial charge in [-0.2, -0.15) is 0 Å². The van der Waals surface area contributed by atoms with E-state index in [1.165, 1.54) is 12.8 Å². The Labute approximate surface area is 115 Å². The summed E-state index contributed by atoms with van der Waals surface area (Å²) in [5.41, 5.74) is 1.77. The van der Waals surface area contributed by atoms with Crippen molar-refractivity contribution in [2.75, 3.05) is 12.4 Å². The molecular weight excluding hydrogens is 236 g/mol. The second kappa shape index (κ2) is 6.09. The molecule has 0 radical (unpaired) electrons. The third kappa shape index (κ3) is 3.09.